The molecule has 1 aliphatic rings. The Labute approximate surface area is 143 Å². The summed E-state index contributed by atoms with van der Waals surface area (Å²) in [5, 5.41) is 11.8. The molecular weight excluding hydrogens is 326 g/mol. The Morgan fingerprint density at radius 1 is 1.00 bits per heavy atom. The minimum absolute atomic E-state index is 0.00435. The molecule has 130 valence electrons. The lowest BCUT2D eigenvalue weighted by atomic mass is 10.2. The van der Waals surface area contributed by atoms with Crippen molar-refractivity contribution in [1.29, 1.82) is 0 Å². The van der Waals surface area contributed by atoms with Crippen LogP contribution in [0.2, 0.25) is 0 Å². The van der Waals surface area contributed by atoms with Crippen molar-refractivity contribution in [2.45, 2.75) is 0 Å². The molecule has 1 aromatic heterocycles. The Hall–Kier alpha value is -3.29. The predicted octanol–water partition coefficient (Wildman–Crippen LogP) is 0.908. The van der Waals surface area contributed by atoms with Gasteiger partial charge in [0, 0.05) is 37.9 Å². The van der Waals surface area contributed by atoms with Crippen LogP contribution in [0.1, 0.15) is 10.6 Å². The quantitative estimate of drug-likeness (QED) is 0.789. The van der Waals surface area contributed by atoms with Gasteiger partial charge in [0.05, 0.1) is 6.26 Å². The summed E-state index contributed by atoms with van der Waals surface area (Å²) in [5.74, 6) is -1.44. The zero-order valence-corrected chi connectivity index (χ0v) is 13.3. The van der Waals surface area contributed by atoms with Gasteiger partial charge in [-0.3, -0.25) is 14.4 Å². The van der Waals surface area contributed by atoms with Crippen molar-refractivity contribution >= 4 is 23.4 Å². The van der Waals surface area contributed by atoms with Gasteiger partial charge in [-0.25, -0.2) is 0 Å². The molecule has 0 bridgehead atoms. The number of carbonyl (C=O) groups excluding carboxylic acids is 3. The summed E-state index contributed by atoms with van der Waals surface area (Å²) in [5.41, 5.74) is 0.338. The molecule has 1 aromatic carbocycles. The molecule has 25 heavy (non-hydrogen) atoms. The van der Waals surface area contributed by atoms with E-state index in [1.807, 2.05) is 0 Å². The molecule has 0 radical (unpaired) electrons. The third-order valence-electron chi connectivity index (χ3n) is 3.88. The molecule has 1 fully saturated rings. The number of nitrogens with zero attached hydrogens (tertiary/aromatic N) is 2. The fraction of sp³-hybridized carbons (Fsp3) is 0.235. The molecule has 0 aliphatic carbocycles. The van der Waals surface area contributed by atoms with Crippen molar-refractivity contribution in [3.8, 4) is 5.75 Å². The molecule has 8 heteroatoms. The summed E-state index contributed by atoms with van der Waals surface area (Å²) in [6.45, 7) is 1.17. The number of nitrogens with one attached hydrogen (secondary N) is 1. The van der Waals surface area contributed by atoms with Gasteiger partial charge in [0.25, 0.3) is 5.91 Å². The number of benzene rings is 1. The van der Waals surface area contributed by atoms with Crippen LogP contribution < -0.4 is 5.32 Å². The normalized spacial score (nSPS) is 14.2. The van der Waals surface area contributed by atoms with Crippen LogP contribution in [0.15, 0.2) is 47.1 Å². The van der Waals surface area contributed by atoms with Gasteiger partial charge in [-0.05, 0) is 24.3 Å². The Morgan fingerprint density at radius 3 is 2.36 bits per heavy atom. The third-order valence-corrected chi connectivity index (χ3v) is 3.88. The van der Waals surface area contributed by atoms with Crippen LogP contribution in [-0.2, 0) is 9.59 Å². The molecule has 2 N–H and O–H groups in total. The first-order valence-corrected chi connectivity index (χ1v) is 7.76. The SMILES string of the molecule is O=C(Nc1cccc(O)c1)C(=O)N1CCN(C(=O)c2ccco2)CC1. The van der Waals surface area contributed by atoms with Gasteiger partial charge < -0.3 is 24.6 Å². The van der Waals surface area contributed by atoms with E-state index in [9.17, 15) is 19.5 Å². The average Bonchev–Trinajstić information content (AvgIpc) is 3.15. The molecule has 2 aromatic rings. The van der Waals surface area contributed by atoms with E-state index in [2.05, 4.69) is 5.32 Å². The molecule has 3 amide bonds. The number of phenolic OH excluding ortho intramolecular Hbond substituents is 1. The van der Waals surface area contributed by atoms with E-state index in [4.69, 9.17) is 4.42 Å². The highest BCUT2D eigenvalue weighted by Gasteiger charge is 2.29. The van der Waals surface area contributed by atoms with Crippen LogP contribution in [0.5, 0.6) is 5.75 Å². The summed E-state index contributed by atoms with van der Waals surface area (Å²) >= 11 is 0. The second-order valence-corrected chi connectivity index (χ2v) is 5.57. The van der Waals surface area contributed by atoms with Crippen LogP contribution in [0.25, 0.3) is 0 Å². The van der Waals surface area contributed by atoms with E-state index in [0.29, 0.717) is 18.8 Å². The Bertz CT molecular complexity index is 779. The van der Waals surface area contributed by atoms with Gasteiger partial charge in [0.1, 0.15) is 5.75 Å². The maximum Gasteiger partial charge on any atom is 0.313 e. The highest BCUT2D eigenvalue weighted by atomic mass is 16.3. The van der Waals surface area contributed by atoms with E-state index >= 15 is 0 Å². The fourth-order valence-corrected chi connectivity index (χ4v) is 2.58. The molecule has 0 atom stereocenters. The van der Waals surface area contributed by atoms with Gasteiger partial charge in [-0.1, -0.05) is 6.07 Å². The second-order valence-electron chi connectivity index (χ2n) is 5.57. The van der Waals surface area contributed by atoms with Crippen molar-refractivity contribution < 1.29 is 23.9 Å². The van der Waals surface area contributed by atoms with Gasteiger partial charge in [0.2, 0.25) is 0 Å². The third kappa shape index (κ3) is 3.79. The summed E-state index contributed by atoms with van der Waals surface area (Å²) in [7, 11) is 0. The molecule has 0 unspecified atom stereocenters. The lowest BCUT2D eigenvalue weighted by Gasteiger charge is -2.33. The molecule has 1 saturated heterocycles. The zero-order valence-electron chi connectivity index (χ0n) is 13.3. The molecule has 3 rings (SSSR count). The molecule has 0 saturated carbocycles. The summed E-state index contributed by atoms with van der Waals surface area (Å²) < 4.78 is 5.08. The van der Waals surface area contributed by atoms with E-state index in [1.54, 1.807) is 29.2 Å². The number of phenols is 1. The van der Waals surface area contributed by atoms with Crippen molar-refractivity contribution in [2.75, 3.05) is 31.5 Å². The van der Waals surface area contributed by atoms with Crippen molar-refractivity contribution in [1.82, 2.24) is 9.80 Å². The average molecular weight is 343 g/mol. The predicted molar refractivity (Wildman–Crippen MR) is 87.9 cm³/mol. The Kier molecular flexibility index (Phi) is 4.69. The van der Waals surface area contributed by atoms with Crippen LogP contribution in [0, 0.1) is 0 Å². The number of amides is 3. The number of carbonyl (C=O) groups is 3. The van der Waals surface area contributed by atoms with E-state index < -0.39 is 11.8 Å². The number of anilines is 1. The summed E-state index contributed by atoms with van der Waals surface area (Å²) in [4.78, 5) is 39.4. The highest BCUT2D eigenvalue weighted by molar-refractivity contribution is 6.39. The van der Waals surface area contributed by atoms with Gasteiger partial charge in [-0.15, -0.1) is 0 Å². The van der Waals surface area contributed by atoms with E-state index in [0.717, 1.165) is 0 Å². The number of hydrogen-bond acceptors (Lipinski definition) is 5. The van der Waals surface area contributed by atoms with Crippen LogP contribution >= 0.6 is 0 Å². The van der Waals surface area contributed by atoms with E-state index in [1.165, 1.54) is 23.3 Å². The Morgan fingerprint density at radius 2 is 1.72 bits per heavy atom. The largest absolute Gasteiger partial charge is 0.508 e. The first kappa shape index (κ1) is 16.6. The molecular formula is C17H17N3O5. The van der Waals surface area contributed by atoms with Crippen LogP contribution in [-0.4, -0.2) is 58.8 Å². The van der Waals surface area contributed by atoms with Crippen molar-refractivity contribution in [3.63, 3.8) is 0 Å². The first-order valence-electron chi connectivity index (χ1n) is 7.76. The topological polar surface area (TPSA) is 103 Å². The lowest BCUT2D eigenvalue weighted by molar-refractivity contribution is -0.144. The maximum atomic E-state index is 12.2. The second kappa shape index (κ2) is 7.08. The van der Waals surface area contributed by atoms with E-state index in [-0.39, 0.29) is 30.5 Å². The fourth-order valence-electron chi connectivity index (χ4n) is 2.58. The standard InChI is InChI=1S/C17H17N3O5/c21-13-4-1-3-12(11-13)18-15(22)17(24)20-8-6-19(7-9-20)16(23)14-5-2-10-25-14/h1-5,10-11,21H,6-9H2,(H,18,22). The molecule has 0 spiro atoms. The van der Waals surface area contributed by atoms with Gasteiger partial charge in [-0.2, -0.15) is 0 Å². The summed E-state index contributed by atoms with van der Waals surface area (Å²) in [6.07, 6.45) is 1.43. The molecule has 1 aliphatic heterocycles. The van der Waals surface area contributed by atoms with Crippen LogP contribution in [0.4, 0.5) is 5.69 Å². The number of aromatic hydroxyl groups is 1. The molecule has 2 heterocycles. The maximum absolute atomic E-state index is 12.2. The lowest BCUT2D eigenvalue weighted by Crippen LogP contribution is -2.52. The number of piperazine rings is 1. The minimum atomic E-state index is -0.781. The van der Waals surface area contributed by atoms with Crippen molar-refractivity contribution in [3.05, 3.63) is 48.4 Å². The smallest absolute Gasteiger partial charge is 0.313 e. The number of rotatable bonds is 2. The van der Waals surface area contributed by atoms with Crippen LogP contribution in [0.3, 0.4) is 0 Å². The molecule has 8 nitrogen and oxygen atoms in total. The minimum Gasteiger partial charge on any atom is -0.508 e. The van der Waals surface area contributed by atoms with Gasteiger partial charge in [0.15, 0.2) is 5.76 Å². The highest BCUT2D eigenvalue weighted by Crippen LogP contribution is 2.16. The number of hydrogen-bond donors (Lipinski definition) is 2. The Balaban J connectivity index is 1.54. The summed E-state index contributed by atoms with van der Waals surface area (Å²) in [6, 6.07) is 9.18. The monoisotopic (exact) mass is 343 g/mol. The van der Waals surface area contributed by atoms with Gasteiger partial charge >= 0.3 is 11.8 Å². The zero-order chi connectivity index (χ0) is 17.8. The number of furan rings is 1. The first-order chi connectivity index (χ1) is 12.0. The van der Waals surface area contributed by atoms with Crippen molar-refractivity contribution in [2.24, 2.45) is 0 Å².